The van der Waals surface area contributed by atoms with Crippen LogP contribution >= 0.6 is 0 Å². The van der Waals surface area contributed by atoms with Crippen molar-refractivity contribution in [3.8, 4) is 0 Å². The number of benzene rings is 1. The summed E-state index contributed by atoms with van der Waals surface area (Å²) in [5, 5.41) is 0. The predicted molar refractivity (Wildman–Crippen MR) is 92.8 cm³/mol. The molecule has 0 N–H and O–H groups in total. The minimum atomic E-state index is -0.466. The van der Waals surface area contributed by atoms with E-state index in [1.807, 2.05) is 0 Å². The summed E-state index contributed by atoms with van der Waals surface area (Å²) in [6.07, 6.45) is 1.56. The number of rotatable bonds is 4. The Labute approximate surface area is 151 Å². The fourth-order valence-corrected chi connectivity index (χ4v) is 3.65. The third-order valence-corrected chi connectivity index (χ3v) is 4.95. The molecule has 0 saturated carbocycles. The van der Waals surface area contributed by atoms with Gasteiger partial charge in [0.1, 0.15) is 5.82 Å². The first kappa shape index (κ1) is 18.4. The molecule has 140 valence electrons. The van der Waals surface area contributed by atoms with Crippen molar-refractivity contribution in [2.24, 2.45) is 11.8 Å². The van der Waals surface area contributed by atoms with E-state index in [1.54, 1.807) is 24.0 Å². The third-order valence-electron chi connectivity index (χ3n) is 4.95. The van der Waals surface area contributed by atoms with Crippen LogP contribution in [-0.2, 0) is 19.1 Å². The van der Waals surface area contributed by atoms with Crippen molar-refractivity contribution < 1.29 is 23.5 Å². The van der Waals surface area contributed by atoms with E-state index in [9.17, 15) is 18.8 Å². The largest absolute Gasteiger partial charge is 0.466 e. The monoisotopic (exact) mass is 362 g/mol. The lowest BCUT2D eigenvalue weighted by atomic mass is 9.96. The van der Waals surface area contributed by atoms with Crippen molar-refractivity contribution in [1.29, 1.82) is 0 Å². The Morgan fingerprint density at radius 1 is 1.27 bits per heavy atom. The van der Waals surface area contributed by atoms with Crippen LogP contribution in [0.25, 0.3) is 0 Å². The summed E-state index contributed by atoms with van der Waals surface area (Å²) in [5.41, 5.74) is 0.466. The molecule has 0 aliphatic carbocycles. The maximum Gasteiger partial charge on any atom is 0.310 e. The number of carbonyl (C=O) groups is 3. The van der Waals surface area contributed by atoms with Gasteiger partial charge in [-0.2, -0.15) is 0 Å². The summed E-state index contributed by atoms with van der Waals surface area (Å²) >= 11 is 0. The number of anilines is 1. The van der Waals surface area contributed by atoms with Crippen LogP contribution in [0.15, 0.2) is 24.3 Å². The molecule has 26 heavy (non-hydrogen) atoms. The molecule has 3 rings (SSSR count). The highest BCUT2D eigenvalue weighted by Gasteiger charge is 2.39. The van der Waals surface area contributed by atoms with Crippen LogP contribution < -0.4 is 4.90 Å². The molecule has 0 spiro atoms. The number of amides is 2. The van der Waals surface area contributed by atoms with E-state index in [0.717, 1.165) is 6.42 Å². The van der Waals surface area contributed by atoms with Crippen LogP contribution in [-0.4, -0.2) is 48.9 Å². The zero-order valence-corrected chi connectivity index (χ0v) is 14.8. The van der Waals surface area contributed by atoms with Gasteiger partial charge in [0.05, 0.1) is 18.4 Å². The Bertz CT molecular complexity index is 709. The lowest BCUT2D eigenvalue weighted by Crippen LogP contribution is -2.45. The first-order valence-electron chi connectivity index (χ1n) is 9.01. The minimum absolute atomic E-state index is 0.107. The van der Waals surface area contributed by atoms with Crippen LogP contribution in [0.4, 0.5) is 10.1 Å². The van der Waals surface area contributed by atoms with Crippen molar-refractivity contribution in [3.05, 3.63) is 30.1 Å². The molecule has 0 aromatic heterocycles. The molecule has 0 bridgehead atoms. The number of nitrogens with zero attached hydrogens (tertiary/aromatic N) is 2. The molecule has 2 aliphatic rings. The average molecular weight is 362 g/mol. The van der Waals surface area contributed by atoms with Crippen molar-refractivity contribution in [1.82, 2.24) is 4.90 Å². The first-order chi connectivity index (χ1) is 12.5. The van der Waals surface area contributed by atoms with Gasteiger partial charge in [-0.3, -0.25) is 14.4 Å². The highest BCUT2D eigenvalue weighted by Crippen LogP contribution is 2.28. The molecule has 2 fully saturated rings. The van der Waals surface area contributed by atoms with Gasteiger partial charge in [-0.05, 0) is 38.0 Å². The topological polar surface area (TPSA) is 66.9 Å². The van der Waals surface area contributed by atoms with Crippen molar-refractivity contribution in [2.75, 3.05) is 31.1 Å². The fourth-order valence-electron chi connectivity index (χ4n) is 3.65. The second kappa shape index (κ2) is 7.85. The Balaban J connectivity index is 1.65. The van der Waals surface area contributed by atoms with E-state index in [-0.39, 0.29) is 36.7 Å². The smallest absolute Gasteiger partial charge is 0.310 e. The normalized spacial score (nSPS) is 23.2. The van der Waals surface area contributed by atoms with Crippen LogP contribution in [0, 0.1) is 17.7 Å². The van der Waals surface area contributed by atoms with Crippen molar-refractivity contribution in [2.45, 2.75) is 26.2 Å². The van der Waals surface area contributed by atoms with Gasteiger partial charge in [-0.25, -0.2) is 4.39 Å². The summed E-state index contributed by atoms with van der Waals surface area (Å²) in [6, 6.07) is 5.81. The number of hydrogen-bond donors (Lipinski definition) is 0. The maximum atomic E-state index is 13.4. The summed E-state index contributed by atoms with van der Waals surface area (Å²) in [7, 11) is 0. The number of likely N-dealkylation sites (tertiary alicyclic amines) is 1. The van der Waals surface area contributed by atoms with E-state index in [4.69, 9.17) is 4.74 Å². The molecule has 0 unspecified atom stereocenters. The molecule has 2 amide bonds. The molecular formula is C19H23FN2O4. The molecule has 2 atom stereocenters. The first-order valence-corrected chi connectivity index (χ1v) is 9.01. The van der Waals surface area contributed by atoms with Gasteiger partial charge in [-0.1, -0.05) is 6.07 Å². The van der Waals surface area contributed by atoms with Gasteiger partial charge < -0.3 is 14.5 Å². The average Bonchev–Trinajstić information content (AvgIpc) is 3.03. The predicted octanol–water partition coefficient (Wildman–Crippen LogP) is 1.98. The van der Waals surface area contributed by atoms with Crippen LogP contribution in [0.1, 0.15) is 26.2 Å². The number of piperidine rings is 1. The second-order valence-corrected chi connectivity index (χ2v) is 6.76. The van der Waals surface area contributed by atoms with Gasteiger partial charge in [0.25, 0.3) is 0 Å². The van der Waals surface area contributed by atoms with Gasteiger partial charge >= 0.3 is 5.97 Å². The molecule has 7 heteroatoms. The molecule has 0 radical (unpaired) electrons. The van der Waals surface area contributed by atoms with Gasteiger partial charge in [0.15, 0.2) is 0 Å². The zero-order valence-electron chi connectivity index (χ0n) is 14.8. The van der Waals surface area contributed by atoms with Crippen LogP contribution in [0.3, 0.4) is 0 Å². The minimum Gasteiger partial charge on any atom is -0.466 e. The number of ether oxygens (including phenoxy) is 1. The van der Waals surface area contributed by atoms with E-state index in [0.29, 0.717) is 31.8 Å². The fraction of sp³-hybridized carbons (Fsp3) is 0.526. The second-order valence-electron chi connectivity index (χ2n) is 6.76. The quantitative estimate of drug-likeness (QED) is 0.768. The highest BCUT2D eigenvalue weighted by molar-refractivity contribution is 6.00. The van der Waals surface area contributed by atoms with Gasteiger partial charge in [0.2, 0.25) is 11.8 Å². The molecule has 2 saturated heterocycles. The summed E-state index contributed by atoms with van der Waals surface area (Å²) < 4.78 is 18.5. The number of halogens is 1. The van der Waals surface area contributed by atoms with E-state index in [2.05, 4.69) is 0 Å². The Kier molecular flexibility index (Phi) is 5.54. The van der Waals surface area contributed by atoms with E-state index in [1.165, 1.54) is 17.0 Å². The van der Waals surface area contributed by atoms with Gasteiger partial charge in [-0.15, -0.1) is 0 Å². The summed E-state index contributed by atoms with van der Waals surface area (Å²) in [6.45, 7) is 3.24. The number of esters is 1. The Morgan fingerprint density at radius 2 is 2.08 bits per heavy atom. The SMILES string of the molecule is CCOC(=O)[C@@H]1CCCN(C(=O)[C@@H]2CC(=O)N(c3cccc(F)c3)C2)C1. The molecule has 2 heterocycles. The molecule has 6 nitrogen and oxygen atoms in total. The molecular weight excluding hydrogens is 339 g/mol. The highest BCUT2D eigenvalue weighted by atomic mass is 19.1. The summed E-state index contributed by atoms with van der Waals surface area (Å²) in [4.78, 5) is 40.2. The molecule has 1 aromatic carbocycles. The number of carbonyl (C=O) groups excluding carboxylic acids is 3. The molecule has 1 aromatic rings. The van der Waals surface area contributed by atoms with E-state index >= 15 is 0 Å². The lowest BCUT2D eigenvalue weighted by Gasteiger charge is -2.33. The third kappa shape index (κ3) is 3.86. The van der Waals surface area contributed by atoms with Crippen molar-refractivity contribution >= 4 is 23.5 Å². The standard InChI is InChI=1S/C19H23FN2O4/c1-2-26-19(25)13-5-4-8-21(11-13)18(24)14-9-17(23)22(12-14)16-7-3-6-15(20)10-16/h3,6-7,10,13-14H,2,4-5,8-9,11-12H2,1H3/t13-,14-/m1/s1. The maximum absolute atomic E-state index is 13.4. The van der Waals surface area contributed by atoms with Gasteiger partial charge in [0, 0.05) is 31.7 Å². The van der Waals surface area contributed by atoms with E-state index < -0.39 is 11.7 Å². The Hall–Kier alpha value is -2.44. The zero-order chi connectivity index (χ0) is 18.7. The lowest BCUT2D eigenvalue weighted by molar-refractivity contribution is -0.152. The molecule has 2 aliphatic heterocycles. The van der Waals surface area contributed by atoms with Crippen LogP contribution in [0.5, 0.6) is 0 Å². The number of hydrogen-bond acceptors (Lipinski definition) is 4. The Morgan fingerprint density at radius 3 is 2.81 bits per heavy atom. The van der Waals surface area contributed by atoms with Crippen LogP contribution in [0.2, 0.25) is 0 Å². The summed E-state index contributed by atoms with van der Waals surface area (Å²) in [5.74, 6) is -1.76. The van der Waals surface area contributed by atoms with Crippen molar-refractivity contribution in [3.63, 3.8) is 0 Å².